The highest BCUT2D eigenvalue weighted by Crippen LogP contribution is 2.09. The van der Waals surface area contributed by atoms with Crippen LogP contribution >= 0.6 is 0 Å². The van der Waals surface area contributed by atoms with Gasteiger partial charge in [0.05, 0.1) is 17.5 Å². The number of aryl methyl sites for hydroxylation is 2. The summed E-state index contributed by atoms with van der Waals surface area (Å²) >= 11 is 0. The van der Waals surface area contributed by atoms with Gasteiger partial charge in [-0.25, -0.2) is 4.98 Å². The van der Waals surface area contributed by atoms with E-state index in [0.717, 1.165) is 5.69 Å². The SMILES string of the molecule is CC.Cc1ccn2cnc(C)c2c1. The lowest BCUT2D eigenvalue weighted by atomic mass is 10.2. The molecule has 0 aliphatic carbocycles. The van der Waals surface area contributed by atoms with Crippen molar-refractivity contribution in [3.05, 3.63) is 35.9 Å². The van der Waals surface area contributed by atoms with Crippen LogP contribution in [0.5, 0.6) is 0 Å². The second-order valence-corrected chi connectivity index (χ2v) is 2.83. The average Bonchev–Trinajstić information content (AvgIpc) is 2.52. The lowest BCUT2D eigenvalue weighted by molar-refractivity contribution is 1.14. The van der Waals surface area contributed by atoms with Gasteiger partial charge in [-0.05, 0) is 31.5 Å². The fourth-order valence-corrected chi connectivity index (χ4v) is 1.22. The fourth-order valence-electron chi connectivity index (χ4n) is 1.22. The Morgan fingerprint density at radius 3 is 2.62 bits per heavy atom. The summed E-state index contributed by atoms with van der Waals surface area (Å²) in [5, 5.41) is 0. The molecule has 0 atom stereocenters. The maximum Gasteiger partial charge on any atom is 0.0995 e. The van der Waals surface area contributed by atoms with Crippen molar-refractivity contribution in [1.82, 2.24) is 9.38 Å². The Labute approximate surface area is 79.2 Å². The summed E-state index contributed by atoms with van der Waals surface area (Å²) in [7, 11) is 0. The van der Waals surface area contributed by atoms with E-state index in [9.17, 15) is 0 Å². The van der Waals surface area contributed by atoms with E-state index >= 15 is 0 Å². The van der Waals surface area contributed by atoms with Crippen LogP contribution in [-0.4, -0.2) is 9.38 Å². The van der Waals surface area contributed by atoms with Crippen LogP contribution in [0, 0.1) is 13.8 Å². The summed E-state index contributed by atoms with van der Waals surface area (Å²) in [4.78, 5) is 4.20. The van der Waals surface area contributed by atoms with Gasteiger partial charge in [-0.15, -0.1) is 0 Å². The van der Waals surface area contributed by atoms with Crippen molar-refractivity contribution >= 4 is 5.52 Å². The smallest absolute Gasteiger partial charge is 0.0995 e. The summed E-state index contributed by atoms with van der Waals surface area (Å²) in [5.74, 6) is 0. The van der Waals surface area contributed by atoms with E-state index in [1.54, 1.807) is 0 Å². The van der Waals surface area contributed by atoms with Crippen LogP contribution in [-0.2, 0) is 0 Å². The summed E-state index contributed by atoms with van der Waals surface area (Å²) in [5.41, 5.74) is 3.57. The highest BCUT2D eigenvalue weighted by molar-refractivity contribution is 5.52. The second kappa shape index (κ2) is 4.08. The van der Waals surface area contributed by atoms with Crippen LogP contribution in [0.2, 0.25) is 0 Å². The molecule has 0 aliphatic rings. The van der Waals surface area contributed by atoms with Crippen molar-refractivity contribution in [2.24, 2.45) is 0 Å². The third-order valence-electron chi connectivity index (χ3n) is 1.89. The molecule has 0 saturated heterocycles. The molecule has 2 rings (SSSR count). The van der Waals surface area contributed by atoms with Crippen molar-refractivity contribution < 1.29 is 0 Å². The molecule has 0 radical (unpaired) electrons. The van der Waals surface area contributed by atoms with E-state index in [1.807, 2.05) is 37.7 Å². The van der Waals surface area contributed by atoms with Crippen LogP contribution in [0.25, 0.3) is 5.52 Å². The van der Waals surface area contributed by atoms with Crippen LogP contribution in [0.4, 0.5) is 0 Å². The molecule has 70 valence electrons. The van der Waals surface area contributed by atoms with Crippen molar-refractivity contribution in [3.63, 3.8) is 0 Å². The summed E-state index contributed by atoms with van der Waals surface area (Å²) in [6.07, 6.45) is 3.87. The molecule has 0 aliphatic heterocycles. The predicted octanol–water partition coefficient (Wildman–Crippen LogP) is 2.98. The van der Waals surface area contributed by atoms with Crippen LogP contribution < -0.4 is 0 Å². The first kappa shape index (κ1) is 9.78. The molecule has 0 N–H and O–H groups in total. The number of hydrogen-bond acceptors (Lipinski definition) is 1. The number of rotatable bonds is 0. The molecule has 0 saturated carbocycles. The number of aromatic nitrogens is 2. The molecule has 13 heavy (non-hydrogen) atoms. The van der Waals surface area contributed by atoms with Gasteiger partial charge in [0.15, 0.2) is 0 Å². The normalized spacial score (nSPS) is 9.54. The van der Waals surface area contributed by atoms with Gasteiger partial charge < -0.3 is 4.40 Å². The Morgan fingerprint density at radius 1 is 1.23 bits per heavy atom. The predicted molar refractivity (Wildman–Crippen MR) is 56.0 cm³/mol. The standard InChI is InChI=1S/C9H10N2.C2H6/c1-7-3-4-11-6-10-8(2)9(11)5-7;1-2/h3-6H,1-2H3;1-2H3. The molecule has 2 aromatic heterocycles. The first-order chi connectivity index (χ1) is 6.27. The number of pyridine rings is 1. The van der Waals surface area contributed by atoms with Crippen LogP contribution in [0.3, 0.4) is 0 Å². The van der Waals surface area contributed by atoms with Gasteiger partial charge in [0, 0.05) is 6.20 Å². The maximum absolute atomic E-state index is 4.20. The molecule has 0 fully saturated rings. The van der Waals surface area contributed by atoms with E-state index in [4.69, 9.17) is 0 Å². The maximum atomic E-state index is 4.20. The Morgan fingerprint density at radius 2 is 1.92 bits per heavy atom. The lowest BCUT2D eigenvalue weighted by Gasteiger charge is -1.94. The van der Waals surface area contributed by atoms with Gasteiger partial charge in [0.1, 0.15) is 0 Å². The Kier molecular flexibility index (Phi) is 3.07. The molecule has 2 aromatic rings. The lowest BCUT2D eigenvalue weighted by Crippen LogP contribution is -1.82. The molecule has 2 nitrogen and oxygen atoms in total. The van der Waals surface area contributed by atoms with E-state index in [2.05, 4.69) is 24.0 Å². The highest BCUT2D eigenvalue weighted by atomic mass is 15.0. The molecule has 2 heterocycles. The molecular formula is C11H16N2. The second-order valence-electron chi connectivity index (χ2n) is 2.83. The zero-order valence-electron chi connectivity index (χ0n) is 8.70. The van der Waals surface area contributed by atoms with Crippen LogP contribution in [0.1, 0.15) is 25.1 Å². The van der Waals surface area contributed by atoms with Crippen molar-refractivity contribution in [1.29, 1.82) is 0 Å². The largest absolute Gasteiger partial charge is 0.306 e. The number of fused-ring (bicyclic) bond motifs is 1. The Bertz CT molecular complexity index is 388. The quantitative estimate of drug-likeness (QED) is 0.603. The van der Waals surface area contributed by atoms with E-state index < -0.39 is 0 Å². The third kappa shape index (κ3) is 1.89. The summed E-state index contributed by atoms with van der Waals surface area (Å²) < 4.78 is 2.03. The molecule has 0 bridgehead atoms. The molecule has 0 aromatic carbocycles. The van der Waals surface area contributed by atoms with Crippen molar-refractivity contribution in [3.8, 4) is 0 Å². The summed E-state index contributed by atoms with van der Waals surface area (Å²) in [6.45, 7) is 8.11. The first-order valence-corrected chi connectivity index (χ1v) is 4.67. The van der Waals surface area contributed by atoms with E-state index in [0.29, 0.717) is 0 Å². The first-order valence-electron chi connectivity index (χ1n) is 4.67. The van der Waals surface area contributed by atoms with Gasteiger partial charge in [-0.2, -0.15) is 0 Å². The van der Waals surface area contributed by atoms with Crippen molar-refractivity contribution in [2.75, 3.05) is 0 Å². The van der Waals surface area contributed by atoms with E-state index in [1.165, 1.54) is 11.1 Å². The average molecular weight is 176 g/mol. The number of nitrogens with zero attached hydrogens (tertiary/aromatic N) is 2. The molecule has 2 heteroatoms. The van der Waals surface area contributed by atoms with Crippen molar-refractivity contribution in [2.45, 2.75) is 27.7 Å². The number of hydrogen-bond donors (Lipinski definition) is 0. The Balaban J connectivity index is 0.000000396. The zero-order chi connectivity index (χ0) is 9.84. The fraction of sp³-hybridized carbons (Fsp3) is 0.364. The van der Waals surface area contributed by atoms with Gasteiger partial charge in [-0.1, -0.05) is 13.8 Å². The topological polar surface area (TPSA) is 17.3 Å². The highest BCUT2D eigenvalue weighted by Gasteiger charge is 1.96. The molecular weight excluding hydrogens is 160 g/mol. The molecule has 0 spiro atoms. The van der Waals surface area contributed by atoms with Gasteiger partial charge in [0.2, 0.25) is 0 Å². The summed E-state index contributed by atoms with van der Waals surface area (Å²) in [6, 6.07) is 4.22. The monoisotopic (exact) mass is 176 g/mol. The minimum Gasteiger partial charge on any atom is -0.306 e. The minimum atomic E-state index is 1.09. The third-order valence-corrected chi connectivity index (χ3v) is 1.89. The van der Waals surface area contributed by atoms with Gasteiger partial charge >= 0.3 is 0 Å². The molecule has 0 unspecified atom stereocenters. The van der Waals surface area contributed by atoms with Crippen LogP contribution in [0.15, 0.2) is 24.7 Å². The van der Waals surface area contributed by atoms with E-state index in [-0.39, 0.29) is 0 Å². The minimum absolute atomic E-state index is 1.09. The van der Waals surface area contributed by atoms with Gasteiger partial charge in [0.25, 0.3) is 0 Å². The zero-order valence-corrected chi connectivity index (χ0v) is 8.70. The van der Waals surface area contributed by atoms with Gasteiger partial charge in [-0.3, -0.25) is 0 Å². The number of imidazole rings is 1. The Hall–Kier alpha value is -1.31. The molecule has 0 amide bonds.